The maximum atomic E-state index is 5.99. The monoisotopic (exact) mass is 254 g/mol. The van der Waals surface area contributed by atoms with Crippen LogP contribution in [0.15, 0.2) is 0 Å². The highest BCUT2D eigenvalue weighted by molar-refractivity contribution is 4.89. The largest absolute Gasteiger partial charge is 0.381 e. The number of methoxy groups -OCH3 is 1. The van der Waals surface area contributed by atoms with Crippen molar-refractivity contribution in [3.8, 4) is 0 Å². The van der Waals surface area contributed by atoms with Crippen LogP contribution in [0.3, 0.4) is 0 Å². The van der Waals surface area contributed by atoms with Gasteiger partial charge in [-0.2, -0.15) is 0 Å². The average molecular weight is 254 g/mol. The third kappa shape index (κ3) is 3.25. The number of hydrogen-bond acceptors (Lipinski definition) is 3. The Hall–Kier alpha value is -0.120. The summed E-state index contributed by atoms with van der Waals surface area (Å²) in [5.74, 6) is 1.66. The zero-order valence-electron chi connectivity index (χ0n) is 12.1. The second-order valence-electron chi connectivity index (χ2n) is 6.12. The summed E-state index contributed by atoms with van der Waals surface area (Å²) < 4.78 is 5.47. The summed E-state index contributed by atoms with van der Waals surface area (Å²) in [7, 11) is 1.84. The van der Waals surface area contributed by atoms with Crippen LogP contribution in [0.2, 0.25) is 0 Å². The fourth-order valence-electron chi connectivity index (χ4n) is 3.83. The number of nitrogens with zero attached hydrogens (tertiary/aromatic N) is 1. The predicted octanol–water partition coefficient (Wildman–Crippen LogP) is 2.25. The zero-order valence-corrected chi connectivity index (χ0v) is 12.1. The van der Waals surface area contributed by atoms with E-state index in [1.54, 1.807) is 0 Å². The van der Waals surface area contributed by atoms with Gasteiger partial charge in [0.25, 0.3) is 0 Å². The molecule has 2 rings (SSSR count). The SMILES string of the molecule is CCC1CCC(CN)C(N2CCC(OC)CC2)C1. The fourth-order valence-corrected chi connectivity index (χ4v) is 3.83. The summed E-state index contributed by atoms with van der Waals surface area (Å²) >= 11 is 0. The van der Waals surface area contributed by atoms with Gasteiger partial charge in [0.1, 0.15) is 0 Å². The molecule has 0 spiro atoms. The Kier molecular flexibility index (Phi) is 5.46. The summed E-state index contributed by atoms with van der Waals surface area (Å²) in [6.45, 7) is 5.61. The van der Waals surface area contributed by atoms with Crippen LogP contribution in [0, 0.1) is 11.8 Å². The van der Waals surface area contributed by atoms with Gasteiger partial charge in [0, 0.05) is 26.2 Å². The van der Waals surface area contributed by atoms with Crippen molar-refractivity contribution in [1.29, 1.82) is 0 Å². The molecule has 1 aliphatic carbocycles. The lowest BCUT2D eigenvalue weighted by atomic mass is 9.76. The zero-order chi connectivity index (χ0) is 13.0. The van der Waals surface area contributed by atoms with E-state index in [2.05, 4.69) is 11.8 Å². The molecule has 1 heterocycles. The molecule has 0 aromatic carbocycles. The van der Waals surface area contributed by atoms with Crippen molar-refractivity contribution in [2.45, 2.75) is 57.6 Å². The van der Waals surface area contributed by atoms with Crippen molar-refractivity contribution in [2.75, 3.05) is 26.7 Å². The molecule has 1 saturated carbocycles. The van der Waals surface area contributed by atoms with Crippen LogP contribution < -0.4 is 5.73 Å². The first-order chi connectivity index (χ1) is 8.78. The molecular weight excluding hydrogens is 224 g/mol. The number of rotatable bonds is 4. The molecule has 2 aliphatic rings. The average Bonchev–Trinajstić information content (AvgIpc) is 2.46. The normalized spacial score (nSPS) is 35.8. The van der Waals surface area contributed by atoms with Gasteiger partial charge in [0.2, 0.25) is 0 Å². The number of likely N-dealkylation sites (tertiary alicyclic amines) is 1. The lowest BCUT2D eigenvalue weighted by Gasteiger charge is -2.45. The molecular formula is C15H30N2O. The highest BCUT2D eigenvalue weighted by Crippen LogP contribution is 2.34. The van der Waals surface area contributed by atoms with E-state index in [1.807, 2.05) is 7.11 Å². The highest BCUT2D eigenvalue weighted by atomic mass is 16.5. The van der Waals surface area contributed by atoms with E-state index in [9.17, 15) is 0 Å². The Labute approximate surface area is 112 Å². The van der Waals surface area contributed by atoms with Gasteiger partial charge in [-0.3, -0.25) is 4.90 Å². The predicted molar refractivity (Wildman–Crippen MR) is 75.6 cm³/mol. The quantitative estimate of drug-likeness (QED) is 0.836. The van der Waals surface area contributed by atoms with Crippen molar-refractivity contribution in [2.24, 2.45) is 17.6 Å². The van der Waals surface area contributed by atoms with Gasteiger partial charge in [-0.25, -0.2) is 0 Å². The van der Waals surface area contributed by atoms with Crippen molar-refractivity contribution >= 4 is 0 Å². The van der Waals surface area contributed by atoms with Gasteiger partial charge in [0.05, 0.1) is 6.10 Å². The fraction of sp³-hybridized carbons (Fsp3) is 1.00. The topological polar surface area (TPSA) is 38.5 Å². The van der Waals surface area contributed by atoms with E-state index in [0.29, 0.717) is 6.10 Å². The van der Waals surface area contributed by atoms with Crippen molar-refractivity contribution < 1.29 is 4.74 Å². The minimum Gasteiger partial charge on any atom is -0.381 e. The molecule has 0 aromatic rings. The van der Waals surface area contributed by atoms with Crippen LogP contribution >= 0.6 is 0 Å². The molecule has 106 valence electrons. The second-order valence-corrected chi connectivity index (χ2v) is 6.12. The first kappa shape index (κ1) is 14.3. The molecule has 0 radical (unpaired) electrons. The van der Waals surface area contributed by atoms with E-state index in [1.165, 1.54) is 51.6 Å². The maximum absolute atomic E-state index is 5.99. The Bertz CT molecular complexity index is 239. The Balaban J connectivity index is 1.91. The standard InChI is InChI=1S/C15H30N2O/c1-3-12-4-5-13(11-16)15(10-12)17-8-6-14(18-2)7-9-17/h12-15H,3-11,16H2,1-2H3. The van der Waals surface area contributed by atoms with Crippen molar-refractivity contribution in [1.82, 2.24) is 4.90 Å². The van der Waals surface area contributed by atoms with Crippen LogP contribution in [-0.4, -0.2) is 43.8 Å². The molecule has 3 heteroatoms. The summed E-state index contributed by atoms with van der Waals surface area (Å²) in [6, 6.07) is 0.742. The van der Waals surface area contributed by atoms with Crippen LogP contribution in [0.1, 0.15) is 45.4 Å². The Morgan fingerprint density at radius 3 is 2.44 bits per heavy atom. The summed E-state index contributed by atoms with van der Waals surface area (Å²) in [5, 5.41) is 0. The molecule has 3 atom stereocenters. The molecule has 2 N–H and O–H groups in total. The van der Waals surface area contributed by atoms with Crippen LogP contribution in [0.4, 0.5) is 0 Å². The van der Waals surface area contributed by atoms with Crippen molar-refractivity contribution in [3.05, 3.63) is 0 Å². The molecule has 1 aliphatic heterocycles. The van der Waals surface area contributed by atoms with E-state index < -0.39 is 0 Å². The van der Waals surface area contributed by atoms with Crippen molar-refractivity contribution in [3.63, 3.8) is 0 Å². The lowest BCUT2D eigenvalue weighted by molar-refractivity contribution is 0.00167. The minimum absolute atomic E-state index is 0.489. The third-order valence-corrected chi connectivity index (χ3v) is 5.22. The molecule has 1 saturated heterocycles. The summed E-state index contributed by atoms with van der Waals surface area (Å²) in [5.41, 5.74) is 5.99. The smallest absolute Gasteiger partial charge is 0.0595 e. The molecule has 2 fully saturated rings. The van der Waals surface area contributed by atoms with Gasteiger partial charge in [-0.1, -0.05) is 19.8 Å². The number of piperidine rings is 1. The van der Waals surface area contributed by atoms with Gasteiger partial charge in [0.15, 0.2) is 0 Å². The number of hydrogen-bond donors (Lipinski definition) is 1. The maximum Gasteiger partial charge on any atom is 0.0595 e. The second kappa shape index (κ2) is 6.88. The Morgan fingerprint density at radius 2 is 1.89 bits per heavy atom. The first-order valence-electron chi connectivity index (χ1n) is 7.75. The van der Waals surface area contributed by atoms with Crippen LogP contribution in [0.5, 0.6) is 0 Å². The van der Waals surface area contributed by atoms with Gasteiger partial charge in [-0.15, -0.1) is 0 Å². The van der Waals surface area contributed by atoms with Crippen LogP contribution in [0.25, 0.3) is 0 Å². The first-order valence-corrected chi connectivity index (χ1v) is 7.75. The van der Waals surface area contributed by atoms with Gasteiger partial charge < -0.3 is 10.5 Å². The molecule has 0 bridgehead atoms. The molecule has 0 aromatic heterocycles. The van der Waals surface area contributed by atoms with E-state index in [-0.39, 0.29) is 0 Å². The Morgan fingerprint density at radius 1 is 1.17 bits per heavy atom. The van der Waals surface area contributed by atoms with Gasteiger partial charge >= 0.3 is 0 Å². The van der Waals surface area contributed by atoms with E-state index in [0.717, 1.165) is 24.4 Å². The lowest BCUT2D eigenvalue weighted by Crippen LogP contribution is -2.50. The molecule has 18 heavy (non-hydrogen) atoms. The summed E-state index contributed by atoms with van der Waals surface area (Å²) in [6.07, 6.45) is 8.32. The molecule has 3 nitrogen and oxygen atoms in total. The molecule has 3 unspecified atom stereocenters. The van der Waals surface area contributed by atoms with Gasteiger partial charge in [-0.05, 0) is 44.1 Å². The third-order valence-electron chi connectivity index (χ3n) is 5.22. The number of ether oxygens (including phenoxy) is 1. The van der Waals surface area contributed by atoms with Crippen LogP contribution in [-0.2, 0) is 4.74 Å². The minimum atomic E-state index is 0.489. The highest BCUT2D eigenvalue weighted by Gasteiger charge is 2.34. The van der Waals surface area contributed by atoms with E-state index >= 15 is 0 Å². The summed E-state index contributed by atoms with van der Waals surface area (Å²) in [4.78, 5) is 2.70. The molecule has 0 amide bonds. The van der Waals surface area contributed by atoms with E-state index in [4.69, 9.17) is 10.5 Å². The number of nitrogens with two attached hydrogens (primary N) is 1.